The molecule has 0 radical (unpaired) electrons. The van der Waals surface area contributed by atoms with E-state index in [1.165, 1.54) is 0 Å². The minimum absolute atomic E-state index is 0.226. The highest BCUT2D eigenvalue weighted by Gasteiger charge is 2.55. The molecular weight excluding hydrogens is 354 g/mol. The number of urea groups is 1. The number of benzene rings is 2. The van der Waals surface area contributed by atoms with Gasteiger partial charge < -0.3 is 10.2 Å². The molecule has 1 spiro atoms. The third-order valence-electron chi connectivity index (χ3n) is 6.15. The van der Waals surface area contributed by atoms with E-state index in [1.807, 2.05) is 49.4 Å². The van der Waals surface area contributed by atoms with Crippen LogP contribution in [0.3, 0.4) is 0 Å². The number of aryl methyl sites for hydroxylation is 2. The van der Waals surface area contributed by atoms with E-state index in [2.05, 4.69) is 5.32 Å². The van der Waals surface area contributed by atoms with Gasteiger partial charge in [-0.2, -0.15) is 0 Å². The molecule has 1 atom stereocenters. The summed E-state index contributed by atoms with van der Waals surface area (Å²) in [6.45, 7) is 2.33. The Morgan fingerprint density at radius 3 is 2.79 bits per heavy atom. The molecule has 0 bridgehead atoms. The predicted octanol–water partition coefficient (Wildman–Crippen LogP) is 2.28. The van der Waals surface area contributed by atoms with E-state index in [-0.39, 0.29) is 18.4 Å². The molecule has 28 heavy (non-hydrogen) atoms. The van der Waals surface area contributed by atoms with Crippen LogP contribution in [0.15, 0.2) is 42.5 Å². The molecule has 2 heterocycles. The highest BCUT2D eigenvalue weighted by Crippen LogP contribution is 2.41. The molecule has 1 unspecified atom stereocenters. The van der Waals surface area contributed by atoms with Crippen molar-refractivity contribution in [3.8, 4) is 0 Å². The fraction of sp³-hybridized carbons (Fsp3) is 0.318. The Bertz CT molecular complexity index is 1030. The first-order valence-corrected chi connectivity index (χ1v) is 9.62. The second kappa shape index (κ2) is 5.92. The van der Waals surface area contributed by atoms with E-state index in [4.69, 9.17) is 0 Å². The summed E-state index contributed by atoms with van der Waals surface area (Å²) in [5.74, 6) is -0.546. The quantitative estimate of drug-likeness (QED) is 0.819. The predicted molar refractivity (Wildman–Crippen MR) is 104 cm³/mol. The number of fused-ring (bicyclic) bond motifs is 3. The number of imide groups is 1. The number of hydrogen-bond acceptors (Lipinski definition) is 3. The van der Waals surface area contributed by atoms with Gasteiger partial charge in [0.05, 0.1) is 0 Å². The summed E-state index contributed by atoms with van der Waals surface area (Å²) in [6, 6.07) is 13.3. The molecule has 6 nitrogen and oxygen atoms in total. The Balaban J connectivity index is 1.40. The summed E-state index contributed by atoms with van der Waals surface area (Å²) >= 11 is 0. The lowest BCUT2D eigenvalue weighted by molar-refractivity contribution is -0.134. The highest BCUT2D eigenvalue weighted by atomic mass is 16.2. The van der Waals surface area contributed by atoms with Crippen molar-refractivity contribution in [2.24, 2.45) is 0 Å². The maximum absolute atomic E-state index is 13.2. The summed E-state index contributed by atoms with van der Waals surface area (Å²) in [6.07, 6.45) is 2.06. The number of nitrogens with zero attached hydrogens (tertiary/aromatic N) is 2. The van der Waals surface area contributed by atoms with Crippen LogP contribution in [-0.4, -0.2) is 35.8 Å². The van der Waals surface area contributed by atoms with E-state index in [9.17, 15) is 14.4 Å². The van der Waals surface area contributed by atoms with Gasteiger partial charge in [-0.15, -0.1) is 0 Å². The Morgan fingerprint density at radius 1 is 1.11 bits per heavy atom. The topological polar surface area (TPSA) is 69.7 Å². The highest BCUT2D eigenvalue weighted by molar-refractivity contribution is 6.11. The van der Waals surface area contributed by atoms with Crippen LogP contribution in [0.1, 0.15) is 28.7 Å². The van der Waals surface area contributed by atoms with Crippen molar-refractivity contribution in [3.05, 3.63) is 64.7 Å². The number of carbonyl (C=O) groups is 3. The summed E-state index contributed by atoms with van der Waals surface area (Å²) in [5.41, 5.74) is 4.00. The van der Waals surface area contributed by atoms with Crippen molar-refractivity contribution >= 4 is 23.5 Å². The molecule has 0 saturated carbocycles. The van der Waals surface area contributed by atoms with Crippen molar-refractivity contribution in [2.75, 3.05) is 18.0 Å². The van der Waals surface area contributed by atoms with Crippen LogP contribution in [0, 0.1) is 6.92 Å². The Hall–Kier alpha value is -3.15. The van der Waals surface area contributed by atoms with Crippen LogP contribution in [0.4, 0.5) is 10.5 Å². The van der Waals surface area contributed by atoms with Gasteiger partial charge in [-0.1, -0.05) is 36.4 Å². The molecule has 1 aliphatic carbocycles. The molecule has 5 rings (SSSR count). The van der Waals surface area contributed by atoms with Crippen molar-refractivity contribution < 1.29 is 14.4 Å². The van der Waals surface area contributed by atoms with Crippen LogP contribution in [0.2, 0.25) is 0 Å². The fourth-order valence-electron chi connectivity index (χ4n) is 4.70. The van der Waals surface area contributed by atoms with Crippen LogP contribution in [0.25, 0.3) is 0 Å². The van der Waals surface area contributed by atoms with E-state index in [1.54, 1.807) is 4.90 Å². The lowest BCUT2D eigenvalue weighted by Gasteiger charge is -2.23. The van der Waals surface area contributed by atoms with Gasteiger partial charge in [0.1, 0.15) is 12.1 Å². The molecule has 2 aliphatic heterocycles. The summed E-state index contributed by atoms with van der Waals surface area (Å²) in [4.78, 5) is 41.6. The Kier molecular flexibility index (Phi) is 3.59. The largest absolute Gasteiger partial charge is 0.325 e. The zero-order chi connectivity index (χ0) is 19.5. The maximum Gasteiger partial charge on any atom is 0.325 e. The summed E-state index contributed by atoms with van der Waals surface area (Å²) in [7, 11) is 0. The van der Waals surface area contributed by atoms with E-state index < -0.39 is 11.6 Å². The number of nitrogens with one attached hydrogen (secondary N) is 1. The lowest BCUT2D eigenvalue weighted by Crippen LogP contribution is -2.44. The molecule has 1 fully saturated rings. The van der Waals surface area contributed by atoms with Crippen molar-refractivity contribution in [1.29, 1.82) is 0 Å². The lowest BCUT2D eigenvalue weighted by atomic mass is 9.92. The zero-order valence-electron chi connectivity index (χ0n) is 15.7. The van der Waals surface area contributed by atoms with Crippen molar-refractivity contribution in [1.82, 2.24) is 10.2 Å². The maximum atomic E-state index is 13.2. The average molecular weight is 375 g/mol. The van der Waals surface area contributed by atoms with Gasteiger partial charge in [-0.05, 0) is 54.5 Å². The van der Waals surface area contributed by atoms with E-state index in [0.717, 1.165) is 45.7 Å². The average Bonchev–Trinajstić information content (AvgIpc) is 3.33. The van der Waals surface area contributed by atoms with Gasteiger partial charge >= 0.3 is 6.03 Å². The minimum atomic E-state index is -1.02. The summed E-state index contributed by atoms with van der Waals surface area (Å²) < 4.78 is 0. The van der Waals surface area contributed by atoms with E-state index in [0.29, 0.717) is 13.0 Å². The van der Waals surface area contributed by atoms with Gasteiger partial charge in [-0.25, -0.2) is 4.79 Å². The van der Waals surface area contributed by atoms with Gasteiger partial charge in [0.15, 0.2) is 0 Å². The SMILES string of the molecule is Cc1ccc2c(c1)N(C(=O)CN1C(=O)NC3(CCc4ccccc43)C1=O)CC2. The number of rotatable bonds is 2. The molecule has 2 aromatic carbocycles. The molecule has 6 heteroatoms. The number of carbonyl (C=O) groups excluding carboxylic acids is 3. The number of amides is 4. The zero-order valence-corrected chi connectivity index (χ0v) is 15.7. The molecule has 1 saturated heterocycles. The Labute approximate surface area is 163 Å². The van der Waals surface area contributed by atoms with Crippen LogP contribution >= 0.6 is 0 Å². The van der Waals surface area contributed by atoms with Gasteiger partial charge in [0.25, 0.3) is 5.91 Å². The van der Waals surface area contributed by atoms with Gasteiger partial charge in [0.2, 0.25) is 5.91 Å². The third kappa shape index (κ3) is 2.30. The smallest absolute Gasteiger partial charge is 0.319 e. The van der Waals surface area contributed by atoms with Crippen LogP contribution < -0.4 is 10.2 Å². The second-order valence-electron chi connectivity index (χ2n) is 7.81. The first kappa shape index (κ1) is 17.0. The standard InChI is InChI=1S/C22H21N3O3/c1-14-6-7-16-9-11-24(18(16)12-14)19(26)13-25-20(27)22(23-21(25)28)10-8-15-4-2-3-5-17(15)22/h2-7,12H,8-11,13H2,1H3,(H,23,28). The first-order valence-electron chi connectivity index (χ1n) is 9.62. The second-order valence-corrected chi connectivity index (χ2v) is 7.81. The van der Waals surface area contributed by atoms with Crippen LogP contribution in [-0.2, 0) is 28.0 Å². The molecule has 0 aromatic heterocycles. The molecule has 3 aliphatic rings. The molecule has 2 aromatic rings. The van der Waals surface area contributed by atoms with Crippen molar-refractivity contribution in [3.63, 3.8) is 0 Å². The van der Waals surface area contributed by atoms with Gasteiger partial charge in [-0.3, -0.25) is 14.5 Å². The van der Waals surface area contributed by atoms with Gasteiger partial charge in [0, 0.05) is 12.2 Å². The molecule has 1 N–H and O–H groups in total. The molecule has 4 amide bonds. The molecular formula is C22H21N3O3. The Morgan fingerprint density at radius 2 is 1.93 bits per heavy atom. The fourth-order valence-corrected chi connectivity index (χ4v) is 4.70. The number of anilines is 1. The molecule has 142 valence electrons. The summed E-state index contributed by atoms with van der Waals surface area (Å²) in [5, 5.41) is 2.88. The third-order valence-corrected chi connectivity index (χ3v) is 6.15. The van der Waals surface area contributed by atoms with Crippen molar-refractivity contribution in [2.45, 2.75) is 31.7 Å². The van der Waals surface area contributed by atoms with Crippen LogP contribution in [0.5, 0.6) is 0 Å². The number of hydrogen-bond donors (Lipinski definition) is 1. The van der Waals surface area contributed by atoms with E-state index >= 15 is 0 Å². The monoisotopic (exact) mass is 375 g/mol. The normalized spacial score (nSPS) is 22.6. The first-order chi connectivity index (χ1) is 13.5. The minimum Gasteiger partial charge on any atom is -0.319 e.